The maximum absolute atomic E-state index is 11.2. The van der Waals surface area contributed by atoms with E-state index in [0.717, 1.165) is 22.8 Å². The van der Waals surface area contributed by atoms with Crippen LogP contribution in [0.3, 0.4) is 0 Å². The second-order valence-corrected chi connectivity index (χ2v) is 5.78. The lowest BCUT2D eigenvalue weighted by Gasteiger charge is -2.03. The Hall–Kier alpha value is -2.92. The Labute approximate surface area is 142 Å². The first kappa shape index (κ1) is 14.7. The van der Waals surface area contributed by atoms with Crippen LogP contribution in [-0.2, 0) is 6.54 Å². The molecular weight excluding hydrogens is 326 g/mol. The molecule has 0 saturated carbocycles. The zero-order chi connectivity index (χ0) is 16.5. The number of carbonyl (C=O) groups excluding carboxylic acids is 1. The van der Waals surface area contributed by atoms with Crippen molar-refractivity contribution in [2.45, 2.75) is 6.54 Å². The van der Waals surface area contributed by atoms with Gasteiger partial charge in [0, 0.05) is 16.3 Å². The van der Waals surface area contributed by atoms with Crippen molar-refractivity contribution in [3.8, 4) is 11.3 Å². The predicted octanol–water partition coefficient (Wildman–Crippen LogP) is 3.58. The van der Waals surface area contributed by atoms with Crippen LogP contribution in [0.1, 0.15) is 5.76 Å². The Morgan fingerprint density at radius 1 is 1.00 bits per heavy atom. The van der Waals surface area contributed by atoms with E-state index in [0.29, 0.717) is 22.3 Å². The van der Waals surface area contributed by atoms with Gasteiger partial charge in [-0.1, -0.05) is 23.7 Å². The van der Waals surface area contributed by atoms with Gasteiger partial charge >= 0.3 is 6.03 Å². The van der Waals surface area contributed by atoms with Crippen LogP contribution in [0.25, 0.3) is 11.3 Å². The van der Waals surface area contributed by atoms with Crippen molar-refractivity contribution in [3.05, 3.63) is 76.1 Å². The van der Waals surface area contributed by atoms with Crippen LogP contribution < -0.4 is 16.0 Å². The fourth-order valence-corrected chi connectivity index (χ4v) is 2.70. The number of hydrogen-bond donors (Lipinski definition) is 1. The number of furan rings is 1. The Bertz CT molecular complexity index is 1060. The summed E-state index contributed by atoms with van der Waals surface area (Å²) >= 11 is 6.00. The number of fused-ring (bicyclic) bond motifs is 1. The number of anilines is 1. The molecule has 0 saturated heterocycles. The standard InChI is InChI=1S/C18H12ClN3O2/c19-12-3-1-2-11(8-12)17-7-5-14(24-17)10-20-13-4-6-15-16(9-13)22-18(23)21-15/h1-9,20H,10H2. The van der Waals surface area contributed by atoms with E-state index in [-0.39, 0.29) is 0 Å². The van der Waals surface area contributed by atoms with Crippen LogP contribution in [0.15, 0.2) is 69.0 Å². The lowest BCUT2D eigenvalue weighted by molar-refractivity contribution is 0.256. The van der Waals surface area contributed by atoms with Crippen molar-refractivity contribution in [2.24, 2.45) is 9.98 Å². The summed E-state index contributed by atoms with van der Waals surface area (Å²) < 4.78 is 5.84. The second kappa shape index (κ2) is 5.94. The molecule has 0 atom stereocenters. The van der Waals surface area contributed by atoms with Crippen molar-refractivity contribution >= 4 is 23.3 Å². The minimum Gasteiger partial charge on any atom is -0.459 e. The largest absolute Gasteiger partial charge is 0.459 e. The highest BCUT2D eigenvalue weighted by Crippen LogP contribution is 2.25. The van der Waals surface area contributed by atoms with Crippen molar-refractivity contribution in [1.29, 1.82) is 0 Å². The summed E-state index contributed by atoms with van der Waals surface area (Å²) in [4.78, 5) is 18.8. The lowest BCUT2D eigenvalue weighted by Crippen LogP contribution is -2.21. The van der Waals surface area contributed by atoms with E-state index in [1.165, 1.54) is 0 Å². The maximum Gasteiger partial charge on any atom is 0.368 e. The Kier molecular flexibility index (Phi) is 3.63. The van der Waals surface area contributed by atoms with Crippen molar-refractivity contribution < 1.29 is 9.21 Å². The molecule has 0 aliphatic carbocycles. The Morgan fingerprint density at radius 2 is 1.88 bits per heavy atom. The summed E-state index contributed by atoms with van der Waals surface area (Å²) in [5.74, 6) is 1.56. The van der Waals surface area contributed by atoms with Crippen molar-refractivity contribution in [3.63, 3.8) is 0 Å². The molecular formula is C18H12ClN3O2. The summed E-state index contributed by atoms with van der Waals surface area (Å²) in [6.07, 6.45) is 0. The van der Waals surface area contributed by atoms with E-state index in [1.54, 1.807) is 12.1 Å². The fourth-order valence-electron chi connectivity index (χ4n) is 2.51. The van der Waals surface area contributed by atoms with E-state index in [2.05, 4.69) is 15.3 Å². The van der Waals surface area contributed by atoms with Gasteiger partial charge in [0.2, 0.25) is 0 Å². The van der Waals surface area contributed by atoms with Crippen LogP contribution in [0, 0.1) is 0 Å². The van der Waals surface area contributed by atoms with Gasteiger partial charge in [0.15, 0.2) is 0 Å². The number of benzene rings is 2. The summed E-state index contributed by atoms with van der Waals surface area (Å²) in [6, 6.07) is 16.3. The molecule has 2 amide bonds. The zero-order valence-corrected chi connectivity index (χ0v) is 13.2. The SMILES string of the molecule is O=C1N=c2ccc(NCc3ccc(-c4cccc(Cl)c4)o3)cc2=N1. The molecule has 0 bridgehead atoms. The minimum absolute atomic E-state index is 0.459. The van der Waals surface area contributed by atoms with E-state index >= 15 is 0 Å². The number of amides is 2. The smallest absolute Gasteiger partial charge is 0.368 e. The number of nitrogens with one attached hydrogen (secondary N) is 1. The van der Waals surface area contributed by atoms with E-state index < -0.39 is 6.03 Å². The average Bonchev–Trinajstić information content (AvgIpc) is 3.18. The third kappa shape index (κ3) is 2.94. The molecule has 24 heavy (non-hydrogen) atoms. The highest BCUT2D eigenvalue weighted by Gasteiger charge is 2.07. The quantitative estimate of drug-likeness (QED) is 0.791. The molecule has 2 aromatic carbocycles. The molecule has 118 valence electrons. The molecule has 1 aliphatic heterocycles. The van der Waals surface area contributed by atoms with Gasteiger partial charge < -0.3 is 9.73 Å². The Morgan fingerprint density at radius 3 is 2.75 bits per heavy atom. The van der Waals surface area contributed by atoms with E-state index in [9.17, 15) is 4.79 Å². The average molecular weight is 338 g/mol. The van der Waals surface area contributed by atoms with Gasteiger partial charge in [0.05, 0.1) is 17.3 Å². The monoisotopic (exact) mass is 337 g/mol. The van der Waals surface area contributed by atoms with E-state index in [1.807, 2.05) is 42.5 Å². The van der Waals surface area contributed by atoms with E-state index in [4.69, 9.17) is 16.0 Å². The van der Waals surface area contributed by atoms with Crippen molar-refractivity contribution in [2.75, 3.05) is 5.32 Å². The maximum atomic E-state index is 11.2. The highest BCUT2D eigenvalue weighted by atomic mass is 35.5. The van der Waals surface area contributed by atoms with Crippen LogP contribution in [0.4, 0.5) is 10.5 Å². The number of hydrogen-bond acceptors (Lipinski definition) is 3. The number of halogens is 1. The molecule has 5 nitrogen and oxygen atoms in total. The molecule has 0 fully saturated rings. The van der Waals surface area contributed by atoms with Crippen LogP contribution in [0.5, 0.6) is 0 Å². The number of rotatable bonds is 4. The van der Waals surface area contributed by atoms with Gasteiger partial charge in [-0.15, -0.1) is 0 Å². The van der Waals surface area contributed by atoms with Gasteiger partial charge in [-0.2, -0.15) is 9.98 Å². The molecule has 0 unspecified atom stereocenters. The normalized spacial score (nSPS) is 12.5. The second-order valence-electron chi connectivity index (χ2n) is 5.34. The number of nitrogens with zero attached hydrogens (tertiary/aromatic N) is 2. The minimum atomic E-state index is -0.459. The summed E-state index contributed by atoms with van der Waals surface area (Å²) in [6.45, 7) is 0.518. The molecule has 0 radical (unpaired) electrons. The van der Waals surface area contributed by atoms with Crippen molar-refractivity contribution in [1.82, 2.24) is 0 Å². The third-order valence-corrected chi connectivity index (χ3v) is 3.88. The molecule has 1 aromatic heterocycles. The molecule has 2 heterocycles. The third-order valence-electron chi connectivity index (χ3n) is 3.65. The van der Waals surface area contributed by atoms with Crippen LogP contribution >= 0.6 is 11.6 Å². The number of carbonyl (C=O) groups is 1. The molecule has 0 spiro atoms. The summed E-state index contributed by atoms with van der Waals surface area (Å²) in [7, 11) is 0. The summed E-state index contributed by atoms with van der Waals surface area (Å²) in [5, 5.41) is 5.11. The first-order valence-electron chi connectivity index (χ1n) is 7.37. The molecule has 4 rings (SSSR count). The first-order valence-corrected chi connectivity index (χ1v) is 7.75. The van der Waals surface area contributed by atoms with Gasteiger partial charge in [0.1, 0.15) is 11.5 Å². The fraction of sp³-hybridized carbons (Fsp3) is 0.0556. The van der Waals surface area contributed by atoms with Gasteiger partial charge in [-0.25, -0.2) is 4.79 Å². The lowest BCUT2D eigenvalue weighted by atomic mass is 10.2. The first-order chi connectivity index (χ1) is 11.7. The molecule has 1 N–H and O–H groups in total. The van der Waals surface area contributed by atoms with Gasteiger partial charge in [0.25, 0.3) is 0 Å². The summed E-state index contributed by atoms with van der Waals surface area (Å²) in [5.41, 5.74) is 1.79. The topological polar surface area (TPSA) is 67.0 Å². The van der Waals surface area contributed by atoms with Gasteiger partial charge in [-0.05, 0) is 42.5 Å². The Balaban J connectivity index is 1.50. The zero-order valence-electron chi connectivity index (χ0n) is 12.5. The molecule has 1 aliphatic rings. The van der Waals surface area contributed by atoms with Crippen LogP contribution in [-0.4, -0.2) is 6.03 Å². The number of urea groups is 1. The molecule has 6 heteroatoms. The predicted molar refractivity (Wildman–Crippen MR) is 90.6 cm³/mol. The molecule has 3 aromatic rings. The van der Waals surface area contributed by atoms with Gasteiger partial charge in [-0.3, -0.25) is 0 Å². The highest BCUT2D eigenvalue weighted by molar-refractivity contribution is 6.30. The van der Waals surface area contributed by atoms with Crippen LogP contribution in [0.2, 0.25) is 5.02 Å².